The number of carbonyl (C=O) groups excluding carboxylic acids is 1. The third-order valence-corrected chi connectivity index (χ3v) is 6.08. The van der Waals surface area contributed by atoms with Gasteiger partial charge in [-0.1, -0.05) is 11.6 Å². The number of carbonyl (C=O) groups is 1. The van der Waals surface area contributed by atoms with Crippen LogP contribution in [-0.4, -0.2) is 61.5 Å². The van der Waals surface area contributed by atoms with Crippen molar-refractivity contribution in [2.24, 2.45) is 0 Å². The molecule has 0 spiro atoms. The molecule has 3 rings (SSSR count). The van der Waals surface area contributed by atoms with Crippen LogP contribution in [0, 0.1) is 0 Å². The highest BCUT2D eigenvalue weighted by atomic mass is 35.5. The van der Waals surface area contributed by atoms with E-state index >= 15 is 0 Å². The lowest BCUT2D eigenvalue weighted by atomic mass is 10.1. The Hall–Kier alpha value is -1.23. The molecular weight excluding hydrogens is 384 g/mol. The van der Waals surface area contributed by atoms with Gasteiger partial charge in [0.2, 0.25) is 15.9 Å². The molecule has 1 saturated carbocycles. The molecule has 1 aliphatic carbocycles. The third kappa shape index (κ3) is 4.73. The molecule has 10 heteroatoms. The van der Waals surface area contributed by atoms with Crippen LogP contribution in [0.5, 0.6) is 0 Å². The van der Waals surface area contributed by atoms with Crippen molar-refractivity contribution in [1.29, 1.82) is 0 Å². The van der Waals surface area contributed by atoms with Crippen LogP contribution in [0.4, 0.5) is 0 Å². The van der Waals surface area contributed by atoms with Crippen LogP contribution in [0.25, 0.3) is 0 Å². The minimum absolute atomic E-state index is 0.0234. The molecule has 1 aromatic carbocycles. The molecule has 2 aliphatic rings. The topological polar surface area (TPSA) is 125 Å². The number of rotatable bonds is 7. The Balaban J connectivity index is 1.55. The quantitative estimate of drug-likeness (QED) is 0.497. The first-order valence-corrected chi connectivity index (χ1v) is 10.2. The van der Waals surface area contributed by atoms with Crippen LogP contribution in [-0.2, 0) is 19.6 Å². The van der Waals surface area contributed by atoms with Gasteiger partial charge >= 0.3 is 0 Å². The summed E-state index contributed by atoms with van der Waals surface area (Å²) in [7, 11) is -3.81. The number of halogens is 1. The van der Waals surface area contributed by atoms with Crippen molar-refractivity contribution in [2.75, 3.05) is 6.54 Å². The van der Waals surface area contributed by atoms with E-state index in [0.717, 1.165) is 12.8 Å². The van der Waals surface area contributed by atoms with Crippen LogP contribution in [0.2, 0.25) is 5.02 Å². The second kappa shape index (κ2) is 7.79. The molecule has 1 saturated heterocycles. The second-order valence-corrected chi connectivity index (χ2v) is 8.75. The number of aliphatic hydroxyl groups is 2. The van der Waals surface area contributed by atoms with Crippen LogP contribution in [0.15, 0.2) is 29.2 Å². The van der Waals surface area contributed by atoms with E-state index in [-0.39, 0.29) is 29.8 Å². The number of sulfonamides is 1. The van der Waals surface area contributed by atoms with Gasteiger partial charge in [0.25, 0.3) is 0 Å². The van der Waals surface area contributed by atoms with Gasteiger partial charge in [-0.05, 0) is 37.1 Å². The summed E-state index contributed by atoms with van der Waals surface area (Å²) in [5.41, 5.74) is 0. The number of hydrogen-bond donors (Lipinski definition) is 4. The molecular formula is C16H21ClN2O6S. The summed E-state index contributed by atoms with van der Waals surface area (Å²) in [6.07, 6.45) is -2.59. The van der Waals surface area contributed by atoms with Gasteiger partial charge in [0.15, 0.2) is 0 Å². The minimum atomic E-state index is -3.81. The number of aliphatic hydroxyl groups excluding tert-OH is 2. The number of hydrogen-bond acceptors (Lipinski definition) is 6. The summed E-state index contributed by atoms with van der Waals surface area (Å²) < 4.78 is 32.4. The van der Waals surface area contributed by atoms with Gasteiger partial charge in [-0.15, -0.1) is 0 Å². The first-order chi connectivity index (χ1) is 12.3. The summed E-state index contributed by atoms with van der Waals surface area (Å²) in [5.74, 6) is -0.258. The summed E-state index contributed by atoms with van der Waals surface area (Å²) >= 11 is 5.74. The maximum Gasteiger partial charge on any atom is 0.240 e. The molecule has 1 amide bonds. The van der Waals surface area contributed by atoms with Gasteiger partial charge in [0.05, 0.1) is 17.4 Å². The van der Waals surface area contributed by atoms with Crippen LogP contribution < -0.4 is 10.0 Å². The Labute approximate surface area is 156 Å². The van der Waals surface area contributed by atoms with Crippen LogP contribution in [0.3, 0.4) is 0 Å². The number of benzene rings is 1. The highest BCUT2D eigenvalue weighted by Crippen LogP contribution is 2.25. The van der Waals surface area contributed by atoms with Gasteiger partial charge in [0, 0.05) is 17.6 Å². The largest absolute Gasteiger partial charge is 0.388 e. The number of amides is 1. The predicted molar refractivity (Wildman–Crippen MR) is 93.1 cm³/mol. The molecule has 4 atom stereocenters. The average Bonchev–Trinajstić information content (AvgIpc) is 3.36. The third-order valence-electron chi connectivity index (χ3n) is 4.39. The van der Waals surface area contributed by atoms with Crippen molar-refractivity contribution in [2.45, 2.75) is 54.6 Å². The highest BCUT2D eigenvalue weighted by Gasteiger charge is 2.44. The fraction of sp³-hybridized carbons (Fsp3) is 0.562. The molecule has 2 fully saturated rings. The molecule has 4 N–H and O–H groups in total. The molecule has 4 unspecified atom stereocenters. The maximum absolute atomic E-state index is 12.3. The monoisotopic (exact) mass is 404 g/mol. The second-order valence-electron chi connectivity index (χ2n) is 6.55. The number of nitrogens with one attached hydrogen (secondary N) is 2. The lowest BCUT2D eigenvalue weighted by Gasteiger charge is -2.15. The van der Waals surface area contributed by atoms with E-state index in [2.05, 4.69) is 10.0 Å². The van der Waals surface area contributed by atoms with Gasteiger partial charge in [-0.3, -0.25) is 4.79 Å². The zero-order valence-corrected chi connectivity index (χ0v) is 15.4. The first-order valence-electron chi connectivity index (χ1n) is 8.32. The molecule has 1 heterocycles. The lowest BCUT2D eigenvalue weighted by Crippen LogP contribution is -2.40. The van der Waals surface area contributed by atoms with E-state index < -0.39 is 34.4 Å². The van der Waals surface area contributed by atoms with Crippen molar-refractivity contribution in [3.8, 4) is 0 Å². The Morgan fingerprint density at radius 3 is 2.38 bits per heavy atom. The van der Waals surface area contributed by atoms with Crippen LogP contribution in [0.1, 0.15) is 19.3 Å². The molecule has 144 valence electrons. The molecule has 0 aromatic heterocycles. The fourth-order valence-corrected chi connectivity index (χ4v) is 3.92. The Morgan fingerprint density at radius 2 is 1.77 bits per heavy atom. The molecule has 26 heavy (non-hydrogen) atoms. The average molecular weight is 405 g/mol. The summed E-state index contributed by atoms with van der Waals surface area (Å²) in [5, 5.41) is 23.3. The lowest BCUT2D eigenvalue weighted by molar-refractivity contribution is -0.125. The van der Waals surface area contributed by atoms with Crippen molar-refractivity contribution < 1.29 is 28.2 Å². The van der Waals surface area contributed by atoms with Crippen molar-refractivity contribution >= 4 is 27.5 Å². The molecule has 1 aliphatic heterocycles. The van der Waals surface area contributed by atoms with Crippen molar-refractivity contribution in [3.05, 3.63) is 29.3 Å². The summed E-state index contributed by atoms with van der Waals surface area (Å²) in [6.45, 7) is -0.232. The first kappa shape index (κ1) is 19.5. The Bertz CT molecular complexity index is 753. The Morgan fingerprint density at radius 1 is 1.15 bits per heavy atom. The van der Waals surface area contributed by atoms with Crippen LogP contribution >= 0.6 is 11.6 Å². The van der Waals surface area contributed by atoms with Crippen molar-refractivity contribution in [3.63, 3.8) is 0 Å². The molecule has 8 nitrogen and oxygen atoms in total. The van der Waals surface area contributed by atoms with Gasteiger partial charge in [-0.2, -0.15) is 0 Å². The smallest absolute Gasteiger partial charge is 0.240 e. The SMILES string of the molecule is O=C(CC1OC(CNS(=O)(=O)c2ccc(Cl)cc2)C(O)C1O)NC1CC1. The highest BCUT2D eigenvalue weighted by molar-refractivity contribution is 7.89. The van der Waals surface area contributed by atoms with E-state index in [9.17, 15) is 23.4 Å². The summed E-state index contributed by atoms with van der Waals surface area (Å²) in [6, 6.07) is 5.81. The summed E-state index contributed by atoms with van der Waals surface area (Å²) in [4.78, 5) is 11.9. The molecule has 0 radical (unpaired) electrons. The van der Waals surface area contributed by atoms with E-state index in [0.29, 0.717) is 5.02 Å². The van der Waals surface area contributed by atoms with Gasteiger partial charge in [-0.25, -0.2) is 13.1 Å². The zero-order chi connectivity index (χ0) is 18.9. The minimum Gasteiger partial charge on any atom is -0.388 e. The molecule has 0 bridgehead atoms. The van der Waals surface area contributed by atoms with E-state index in [1.165, 1.54) is 24.3 Å². The Kier molecular flexibility index (Phi) is 5.85. The van der Waals surface area contributed by atoms with Gasteiger partial charge in [0.1, 0.15) is 18.3 Å². The molecule has 1 aromatic rings. The predicted octanol–water partition coefficient (Wildman–Crippen LogP) is -0.224. The standard InChI is InChI=1S/C16H21ClN2O6S/c17-9-1-5-11(6-2-9)26(23,24)18-8-13-16(22)15(21)12(25-13)7-14(20)19-10-3-4-10/h1-2,5-6,10,12-13,15-16,18,21-22H,3-4,7-8H2,(H,19,20). The van der Waals surface area contributed by atoms with E-state index in [4.69, 9.17) is 16.3 Å². The zero-order valence-electron chi connectivity index (χ0n) is 13.8. The maximum atomic E-state index is 12.3. The number of ether oxygens (including phenoxy) is 1. The fourth-order valence-electron chi connectivity index (χ4n) is 2.75. The van der Waals surface area contributed by atoms with E-state index in [1.807, 2.05) is 0 Å². The van der Waals surface area contributed by atoms with E-state index in [1.54, 1.807) is 0 Å². The van der Waals surface area contributed by atoms with Gasteiger partial charge < -0.3 is 20.3 Å². The van der Waals surface area contributed by atoms with Crippen molar-refractivity contribution in [1.82, 2.24) is 10.0 Å². The normalized spacial score (nSPS) is 28.9.